The van der Waals surface area contributed by atoms with E-state index in [1.807, 2.05) is 12.1 Å². The number of aliphatic carboxylic acids is 1. The smallest absolute Gasteiger partial charge is 0.328 e. The largest absolute Gasteiger partial charge is 0.478 e. The summed E-state index contributed by atoms with van der Waals surface area (Å²) >= 11 is 0. The summed E-state index contributed by atoms with van der Waals surface area (Å²) < 4.78 is 10.6. The van der Waals surface area contributed by atoms with Crippen LogP contribution >= 0.6 is 0 Å². The van der Waals surface area contributed by atoms with Crippen LogP contribution in [0.4, 0.5) is 0 Å². The zero-order chi connectivity index (χ0) is 9.97. The number of hydrogen-bond acceptors (Lipinski definition) is 3. The molecule has 1 aromatic rings. The van der Waals surface area contributed by atoms with Gasteiger partial charge in [-0.05, 0) is 12.1 Å². The molecule has 0 spiro atoms. The number of fused-ring (bicyclic) bond motifs is 1. The molecule has 2 rings (SSSR count). The van der Waals surface area contributed by atoms with Crippen molar-refractivity contribution in [1.29, 1.82) is 0 Å². The van der Waals surface area contributed by atoms with Crippen molar-refractivity contribution in [2.24, 2.45) is 0 Å². The van der Waals surface area contributed by atoms with E-state index >= 15 is 0 Å². The number of carbonyl (C=O) groups is 1. The summed E-state index contributed by atoms with van der Waals surface area (Å²) in [7, 11) is 0. The van der Waals surface area contributed by atoms with Gasteiger partial charge in [-0.3, -0.25) is 0 Å². The maximum Gasteiger partial charge on any atom is 0.328 e. The molecule has 0 aliphatic carbocycles. The van der Waals surface area contributed by atoms with Crippen LogP contribution in [0.25, 0.3) is 0 Å². The molecule has 0 aromatic heterocycles. The van der Waals surface area contributed by atoms with Gasteiger partial charge in [0.2, 0.25) is 0 Å². The Kier molecular flexibility index (Phi) is 3.86. The summed E-state index contributed by atoms with van der Waals surface area (Å²) in [6.45, 7) is 0. The predicted molar refractivity (Wildman–Crippen MR) is 48.3 cm³/mol. The molecule has 0 fully saturated rings. The summed E-state index contributed by atoms with van der Waals surface area (Å²) in [6, 6.07) is 7.19. The number of benzene rings is 1. The van der Waals surface area contributed by atoms with Gasteiger partial charge in [-0.25, -0.2) is 4.79 Å². The normalized spacial score (nSPS) is 13.9. The van der Waals surface area contributed by atoms with Gasteiger partial charge in [0.15, 0.2) is 11.5 Å². The van der Waals surface area contributed by atoms with Crippen molar-refractivity contribution in [3.8, 4) is 11.5 Å². The average Bonchev–Trinajstić information content (AvgIpc) is 2.57. The Morgan fingerprint density at radius 1 is 1.27 bits per heavy atom. The van der Waals surface area contributed by atoms with Crippen molar-refractivity contribution in [2.75, 3.05) is 0 Å². The van der Waals surface area contributed by atoms with Crippen LogP contribution in [0.1, 0.15) is 0 Å². The van der Waals surface area contributed by atoms with Crippen molar-refractivity contribution >= 4 is 5.97 Å². The summed E-state index contributed by atoms with van der Waals surface area (Å²) in [5.41, 5.74) is 0. The fraction of sp³-hybridized carbons (Fsp3) is 0.100. The minimum Gasteiger partial charge on any atom is -0.478 e. The van der Waals surface area contributed by atoms with Gasteiger partial charge in [-0.1, -0.05) is 12.1 Å². The monoisotopic (exact) mass is 256 g/mol. The van der Waals surface area contributed by atoms with E-state index in [0.717, 1.165) is 6.08 Å². The molecule has 74 valence electrons. The van der Waals surface area contributed by atoms with Crippen molar-refractivity contribution in [3.05, 3.63) is 36.4 Å². The average molecular weight is 258 g/mol. The first-order valence-electron chi connectivity index (χ1n) is 4.09. The van der Waals surface area contributed by atoms with Crippen LogP contribution in [-0.4, -0.2) is 17.4 Å². The maximum absolute atomic E-state index is 10.2. The zero-order valence-corrected chi connectivity index (χ0v) is 10.9. The number of carboxylic acid groups (broad SMARTS) is 1. The van der Waals surface area contributed by atoms with Gasteiger partial charge in [0.25, 0.3) is 6.29 Å². The second-order valence-electron chi connectivity index (χ2n) is 2.75. The number of para-hydroxylation sites is 2. The maximum atomic E-state index is 10.2. The van der Waals surface area contributed by atoms with Gasteiger partial charge in [0.05, 0.1) is 0 Å². The number of hydrogen-bond donors (Lipinski definition) is 1. The minimum atomic E-state index is -1.02. The van der Waals surface area contributed by atoms with Crippen LogP contribution in [0.2, 0.25) is 0 Å². The molecule has 4 nitrogen and oxygen atoms in total. The van der Waals surface area contributed by atoms with E-state index < -0.39 is 12.3 Å². The Bertz CT molecular complexity index is 364. The molecule has 1 aliphatic heterocycles. The van der Waals surface area contributed by atoms with Gasteiger partial charge >= 0.3 is 5.97 Å². The van der Waals surface area contributed by atoms with Crippen molar-refractivity contribution in [1.82, 2.24) is 0 Å². The third kappa shape index (κ3) is 2.80. The van der Waals surface area contributed by atoms with E-state index in [1.54, 1.807) is 12.1 Å². The molecule has 0 saturated carbocycles. The topological polar surface area (TPSA) is 55.8 Å². The van der Waals surface area contributed by atoms with Crippen LogP contribution in [-0.2, 0) is 24.3 Å². The molecule has 1 heterocycles. The predicted octanol–water partition coefficient (Wildman–Crippen LogP) is 1.42. The molecule has 1 aromatic carbocycles. The quantitative estimate of drug-likeness (QED) is 0.643. The SMILES string of the molecule is O=C(O)C=CC1Oc2ccccc2O1.[Zn]. The third-order valence-electron chi connectivity index (χ3n) is 1.73. The van der Waals surface area contributed by atoms with Gasteiger partial charge < -0.3 is 14.6 Å². The van der Waals surface area contributed by atoms with Crippen molar-refractivity contribution in [3.63, 3.8) is 0 Å². The van der Waals surface area contributed by atoms with E-state index in [0.29, 0.717) is 11.5 Å². The van der Waals surface area contributed by atoms with E-state index in [1.165, 1.54) is 6.08 Å². The first-order valence-corrected chi connectivity index (χ1v) is 4.09. The van der Waals surface area contributed by atoms with E-state index in [-0.39, 0.29) is 19.5 Å². The summed E-state index contributed by atoms with van der Waals surface area (Å²) in [5, 5.41) is 8.39. The first kappa shape index (κ1) is 11.7. The molecule has 0 amide bonds. The van der Waals surface area contributed by atoms with E-state index in [2.05, 4.69) is 0 Å². The standard InChI is InChI=1S/C10H8O4.Zn/c11-9(12)5-6-10-13-7-3-1-2-4-8(7)14-10;/h1-6,10H,(H,11,12);. The summed E-state index contributed by atoms with van der Waals surface area (Å²) in [4.78, 5) is 10.2. The van der Waals surface area contributed by atoms with Crippen LogP contribution < -0.4 is 9.47 Å². The molecule has 0 bridgehead atoms. The van der Waals surface area contributed by atoms with Gasteiger partial charge in [-0.2, -0.15) is 0 Å². The fourth-order valence-electron chi connectivity index (χ4n) is 1.16. The molecular formula is C10H8O4Zn. The van der Waals surface area contributed by atoms with Gasteiger partial charge in [-0.15, -0.1) is 0 Å². The van der Waals surface area contributed by atoms with Gasteiger partial charge in [0, 0.05) is 31.6 Å². The molecule has 0 unspecified atom stereocenters. The Morgan fingerprint density at radius 3 is 2.27 bits per heavy atom. The Morgan fingerprint density at radius 2 is 1.80 bits per heavy atom. The molecule has 0 atom stereocenters. The Labute approximate surface area is 99.3 Å². The van der Waals surface area contributed by atoms with Crippen LogP contribution in [0.15, 0.2) is 36.4 Å². The summed E-state index contributed by atoms with van der Waals surface area (Å²) in [5.74, 6) is 0.244. The molecule has 15 heavy (non-hydrogen) atoms. The summed E-state index contributed by atoms with van der Waals surface area (Å²) in [6.07, 6.45) is 1.71. The van der Waals surface area contributed by atoms with Crippen LogP contribution in [0, 0.1) is 0 Å². The molecule has 5 heteroatoms. The molecule has 0 saturated heterocycles. The minimum absolute atomic E-state index is 0. The van der Waals surface area contributed by atoms with Gasteiger partial charge in [0.1, 0.15) is 0 Å². The van der Waals surface area contributed by atoms with E-state index in [4.69, 9.17) is 14.6 Å². The third-order valence-corrected chi connectivity index (χ3v) is 1.73. The zero-order valence-electron chi connectivity index (χ0n) is 7.92. The van der Waals surface area contributed by atoms with Crippen LogP contribution in [0.5, 0.6) is 11.5 Å². The molecule has 1 aliphatic rings. The number of rotatable bonds is 2. The molecule has 0 radical (unpaired) electrons. The fourth-order valence-corrected chi connectivity index (χ4v) is 1.16. The van der Waals surface area contributed by atoms with Crippen molar-refractivity contribution in [2.45, 2.75) is 6.29 Å². The Hall–Kier alpha value is -1.35. The molecule has 1 N–H and O–H groups in total. The van der Waals surface area contributed by atoms with E-state index in [9.17, 15) is 4.79 Å². The second kappa shape index (κ2) is 4.94. The number of carboxylic acids is 1. The first-order chi connectivity index (χ1) is 6.75. The second-order valence-corrected chi connectivity index (χ2v) is 2.75. The Balaban J connectivity index is 0.00000112. The van der Waals surface area contributed by atoms with Crippen LogP contribution in [0.3, 0.4) is 0 Å². The number of ether oxygens (including phenoxy) is 2. The van der Waals surface area contributed by atoms with Crippen molar-refractivity contribution < 1.29 is 38.9 Å². The molecular weight excluding hydrogens is 249 g/mol.